The van der Waals surface area contributed by atoms with Gasteiger partial charge < -0.3 is 19.5 Å². The van der Waals surface area contributed by atoms with E-state index in [1.807, 2.05) is 37.3 Å². The van der Waals surface area contributed by atoms with Crippen LogP contribution in [0.15, 0.2) is 48.5 Å². The molecular weight excluding hydrogens is 414 g/mol. The zero-order valence-corrected chi connectivity index (χ0v) is 17.9. The fourth-order valence-corrected chi connectivity index (χ4v) is 3.67. The average Bonchev–Trinajstić information content (AvgIpc) is 3.17. The van der Waals surface area contributed by atoms with Gasteiger partial charge in [-0.05, 0) is 24.6 Å². The van der Waals surface area contributed by atoms with Crippen LogP contribution in [-0.4, -0.2) is 49.9 Å². The predicted molar refractivity (Wildman–Crippen MR) is 117 cm³/mol. The molecule has 1 unspecified atom stereocenters. The maximum Gasteiger partial charge on any atom is 0.415 e. The lowest BCUT2D eigenvalue weighted by atomic mass is 10.1. The molecule has 32 heavy (non-hydrogen) atoms. The van der Waals surface area contributed by atoms with E-state index in [4.69, 9.17) is 14.2 Å². The quantitative estimate of drug-likeness (QED) is 0.769. The van der Waals surface area contributed by atoms with Crippen molar-refractivity contribution in [1.82, 2.24) is 5.32 Å². The number of ether oxygens (including phenoxy) is 3. The lowest BCUT2D eigenvalue weighted by Crippen LogP contribution is -2.45. The minimum Gasteiger partial charge on any atom is -0.489 e. The van der Waals surface area contributed by atoms with E-state index in [-0.39, 0.29) is 25.1 Å². The maximum atomic E-state index is 12.8. The summed E-state index contributed by atoms with van der Waals surface area (Å²) in [5.41, 5.74) is 2.07. The fourth-order valence-electron chi connectivity index (χ4n) is 3.67. The van der Waals surface area contributed by atoms with Crippen molar-refractivity contribution >= 4 is 29.5 Å². The Balaban J connectivity index is 1.47. The molecule has 9 nitrogen and oxygen atoms in total. The SMILES string of the molecule is CC(=O)NC[C@H]1CN(c2ccc3c(c2)OCC(C)N3C(=O)OCc2ccccc2)C(=O)O1. The summed E-state index contributed by atoms with van der Waals surface area (Å²) in [7, 11) is 0. The highest BCUT2D eigenvalue weighted by molar-refractivity contribution is 5.94. The minimum atomic E-state index is -0.497. The van der Waals surface area contributed by atoms with Crippen LogP contribution in [0, 0.1) is 0 Å². The molecule has 0 spiro atoms. The van der Waals surface area contributed by atoms with Gasteiger partial charge in [-0.3, -0.25) is 14.6 Å². The third kappa shape index (κ3) is 4.61. The van der Waals surface area contributed by atoms with Gasteiger partial charge in [-0.15, -0.1) is 0 Å². The number of anilines is 2. The Bertz CT molecular complexity index is 1010. The molecule has 2 aliphatic heterocycles. The molecule has 3 amide bonds. The van der Waals surface area contributed by atoms with Crippen molar-refractivity contribution in [2.75, 3.05) is 29.5 Å². The number of carbonyl (C=O) groups excluding carboxylic acids is 3. The van der Waals surface area contributed by atoms with Gasteiger partial charge >= 0.3 is 12.2 Å². The van der Waals surface area contributed by atoms with Crippen molar-refractivity contribution in [3.8, 4) is 5.75 Å². The molecule has 0 aromatic heterocycles. The summed E-state index contributed by atoms with van der Waals surface area (Å²) in [6.45, 7) is 4.31. The zero-order chi connectivity index (χ0) is 22.7. The normalized spacial score (nSPS) is 19.6. The molecule has 2 aliphatic rings. The zero-order valence-electron chi connectivity index (χ0n) is 17.9. The number of benzene rings is 2. The number of hydrogen-bond acceptors (Lipinski definition) is 6. The summed E-state index contributed by atoms with van der Waals surface area (Å²) < 4.78 is 16.7. The summed E-state index contributed by atoms with van der Waals surface area (Å²) >= 11 is 0. The Hall–Kier alpha value is -3.75. The van der Waals surface area contributed by atoms with E-state index in [0.717, 1.165) is 5.56 Å². The Morgan fingerprint density at radius 2 is 1.97 bits per heavy atom. The third-order valence-corrected chi connectivity index (χ3v) is 5.29. The summed E-state index contributed by atoms with van der Waals surface area (Å²) in [5, 5.41) is 2.65. The Morgan fingerprint density at radius 3 is 2.72 bits per heavy atom. The maximum absolute atomic E-state index is 12.8. The van der Waals surface area contributed by atoms with E-state index >= 15 is 0 Å². The molecule has 0 aliphatic carbocycles. The largest absolute Gasteiger partial charge is 0.489 e. The minimum absolute atomic E-state index is 0.173. The van der Waals surface area contributed by atoms with Crippen molar-refractivity contribution in [1.29, 1.82) is 0 Å². The number of carbonyl (C=O) groups is 3. The number of nitrogens with one attached hydrogen (secondary N) is 1. The van der Waals surface area contributed by atoms with Crippen LogP contribution in [0.5, 0.6) is 5.75 Å². The van der Waals surface area contributed by atoms with E-state index in [1.165, 1.54) is 11.8 Å². The summed E-state index contributed by atoms with van der Waals surface area (Å²) in [4.78, 5) is 39.3. The van der Waals surface area contributed by atoms with Crippen molar-refractivity contribution in [2.45, 2.75) is 32.6 Å². The van der Waals surface area contributed by atoms with Gasteiger partial charge in [-0.25, -0.2) is 9.59 Å². The van der Waals surface area contributed by atoms with Gasteiger partial charge in [0.2, 0.25) is 5.91 Å². The topological polar surface area (TPSA) is 97.4 Å². The second-order valence-corrected chi connectivity index (χ2v) is 7.78. The molecule has 2 aromatic rings. The number of nitrogens with zero attached hydrogens (tertiary/aromatic N) is 2. The standard InChI is InChI=1S/C23H25N3O6/c1-15-13-30-21-10-18(25-12-19(32-22(25)28)11-24-16(2)27)8-9-20(21)26(15)23(29)31-14-17-6-4-3-5-7-17/h3-10,15,19H,11-14H2,1-2H3,(H,24,27)/t15?,19-/m0/s1. The van der Waals surface area contributed by atoms with Crippen molar-refractivity contribution < 1.29 is 28.6 Å². The van der Waals surface area contributed by atoms with Crippen molar-refractivity contribution in [3.05, 3.63) is 54.1 Å². The van der Waals surface area contributed by atoms with Crippen LogP contribution in [0.3, 0.4) is 0 Å². The Labute approximate surface area is 185 Å². The molecule has 2 aromatic carbocycles. The van der Waals surface area contributed by atoms with Gasteiger partial charge in [-0.1, -0.05) is 30.3 Å². The highest BCUT2D eigenvalue weighted by atomic mass is 16.6. The number of cyclic esters (lactones) is 1. The molecule has 2 atom stereocenters. The molecule has 9 heteroatoms. The van der Waals surface area contributed by atoms with Crippen LogP contribution in [0.4, 0.5) is 21.0 Å². The second kappa shape index (κ2) is 9.17. The molecule has 1 saturated heterocycles. The first kappa shape index (κ1) is 21.5. The number of rotatable bonds is 5. The monoisotopic (exact) mass is 439 g/mol. The first-order valence-electron chi connectivity index (χ1n) is 10.4. The number of amides is 3. The van der Waals surface area contributed by atoms with E-state index in [2.05, 4.69) is 5.32 Å². The summed E-state index contributed by atoms with van der Waals surface area (Å²) in [6.07, 6.45) is -1.40. The van der Waals surface area contributed by atoms with Crippen LogP contribution >= 0.6 is 0 Å². The lowest BCUT2D eigenvalue weighted by Gasteiger charge is -2.34. The van der Waals surface area contributed by atoms with Crippen LogP contribution in [0.1, 0.15) is 19.4 Å². The smallest absolute Gasteiger partial charge is 0.415 e. The van der Waals surface area contributed by atoms with Gasteiger partial charge in [0.1, 0.15) is 25.1 Å². The van der Waals surface area contributed by atoms with Crippen LogP contribution in [0.25, 0.3) is 0 Å². The van der Waals surface area contributed by atoms with Crippen LogP contribution in [0.2, 0.25) is 0 Å². The third-order valence-electron chi connectivity index (χ3n) is 5.29. The van der Waals surface area contributed by atoms with Gasteiger partial charge in [0.15, 0.2) is 0 Å². The molecule has 0 bridgehead atoms. The number of hydrogen-bond donors (Lipinski definition) is 1. The highest BCUT2D eigenvalue weighted by Gasteiger charge is 2.35. The Morgan fingerprint density at radius 1 is 1.19 bits per heavy atom. The summed E-state index contributed by atoms with van der Waals surface area (Å²) in [5.74, 6) is 0.297. The predicted octanol–water partition coefficient (Wildman–Crippen LogP) is 3.07. The summed E-state index contributed by atoms with van der Waals surface area (Å²) in [6, 6.07) is 14.4. The second-order valence-electron chi connectivity index (χ2n) is 7.78. The van der Waals surface area contributed by atoms with Crippen molar-refractivity contribution in [2.24, 2.45) is 0 Å². The van der Waals surface area contributed by atoms with Gasteiger partial charge in [0.05, 0.1) is 30.5 Å². The molecule has 1 N–H and O–H groups in total. The first-order valence-corrected chi connectivity index (χ1v) is 10.4. The van der Waals surface area contributed by atoms with E-state index in [9.17, 15) is 14.4 Å². The average molecular weight is 439 g/mol. The molecule has 4 rings (SSSR count). The molecular formula is C23H25N3O6. The molecule has 0 saturated carbocycles. The van der Waals surface area contributed by atoms with Crippen molar-refractivity contribution in [3.63, 3.8) is 0 Å². The van der Waals surface area contributed by atoms with E-state index < -0.39 is 18.3 Å². The molecule has 2 heterocycles. The highest BCUT2D eigenvalue weighted by Crippen LogP contribution is 2.38. The lowest BCUT2D eigenvalue weighted by molar-refractivity contribution is -0.119. The molecule has 168 valence electrons. The van der Waals surface area contributed by atoms with E-state index in [1.54, 1.807) is 23.1 Å². The number of fused-ring (bicyclic) bond motifs is 1. The molecule has 0 radical (unpaired) electrons. The van der Waals surface area contributed by atoms with Crippen LogP contribution in [-0.2, 0) is 20.9 Å². The van der Waals surface area contributed by atoms with Gasteiger partial charge in [-0.2, -0.15) is 0 Å². The fraction of sp³-hybridized carbons (Fsp3) is 0.348. The van der Waals surface area contributed by atoms with Crippen LogP contribution < -0.4 is 19.9 Å². The molecule has 1 fully saturated rings. The Kier molecular flexibility index (Phi) is 6.16. The van der Waals surface area contributed by atoms with E-state index in [0.29, 0.717) is 30.3 Å². The van der Waals surface area contributed by atoms with Gasteiger partial charge in [0, 0.05) is 13.0 Å². The first-order chi connectivity index (χ1) is 15.4. The van der Waals surface area contributed by atoms with Gasteiger partial charge in [0.25, 0.3) is 0 Å².